The van der Waals surface area contributed by atoms with Crippen molar-refractivity contribution in [3.8, 4) is 0 Å². The Hall–Kier alpha value is -2.02. The molecule has 2 rings (SSSR count). The van der Waals surface area contributed by atoms with E-state index in [1.807, 2.05) is 6.07 Å². The van der Waals surface area contributed by atoms with Crippen molar-refractivity contribution in [1.29, 1.82) is 0 Å². The number of rotatable bonds is 5. The second-order valence-electron chi connectivity index (χ2n) is 3.61. The fourth-order valence-corrected chi connectivity index (χ4v) is 1.98. The topological polar surface area (TPSA) is 95.1 Å². The summed E-state index contributed by atoms with van der Waals surface area (Å²) in [5.74, 6) is -1.10. The van der Waals surface area contributed by atoms with Crippen LogP contribution in [0.25, 0.3) is 10.9 Å². The fraction of sp³-hybridized carbons (Fsp3) is 0.182. The molecule has 1 aromatic carbocycles. The van der Waals surface area contributed by atoms with Gasteiger partial charge in [0, 0.05) is 11.1 Å². The van der Waals surface area contributed by atoms with E-state index >= 15 is 0 Å². The van der Waals surface area contributed by atoms with Gasteiger partial charge in [-0.3, -0.25) is 14.7 Å². The number of H-pyrrole nitrogens is 1. The largest absolute Gasteiger partial charge is 0.481 e. The van der Waals surface area contributed by atoms with E-state index in [-0.39, 0.29) is 17.4 Å². The molecule has 2 aromatic rings. The molecular formula is C11H11N3O3S. The third kappa shape index (κ3) is 3.24. The molecule has 0 unspecified atom stereocenters. The molecule has 0 radical (unpaired) electrons. The lowest BCUT2D eigenvalue weighted by atomic mass is 10.2. The lowest BCUT2D eigenvalue weighted by molar-refractivity contribution is -0.133. The van der Waals surface area contributed by atoms with Gasteiger partial charge in [-0.05, 0) is 18.2 Å². The first-order valence-electron chi connectivity index (χ1n) is 5.17. The molecule has 0 spiro atoms. The quantitative estimate of drug-likeness (QED) is 0.757. The second kappa shape index (κ2) is 5.54. The Kier molecular flexibility index (Phi) is 3.83. The van der Waals surface area contributed by atoms with Crippen molar-refractivity contribution < 1.29 is 14.7 Å². The standard InChI is InChI=1S/C11H11N3O3S/c15-10(5-18-6-11(16)17)13-8-2-1-7-4-12-14-9(7)3-8/h1-4H,5-6H2,(H,12,14)(H,13,15)(H,16,17). The second-order valence-corrected chi connectivity index (χ2v) is 4.59. The van der Waals surface area contributed by atoms with Gasteiger partial charge in [0.25, 0.3) is 0 Å². The number of aromatic nitrogens is 2. The maximum Gasteiger partial charge on any atom is 0.313 e. The predicted octanol–water partition coefficient (Wildman–Crippen LogP) is 1.32. The maximum absolute atomic E-state index is 11.5. The zero-order chi connectivity index (χ0) is 13.0. The summed E-state index contributed by atoms with van der Waals surface area (Å²) in [5.41, 5.74) is 1.50. The van der Waals surface area contributed by atoms with E-state index in [9.17, 15) is 9.59 Å². The Morgan fingerprint density at radius 1 is 1.39 bits per heavy atom. The first kappa shape index (κ1) is 12.4. The summed E-state index contributed by atoms with van der Waals surface area (Å²) in [4.78, 5) is 21.8. The van der Waals surface area contributed by atoms with Crippen molar-refractivity contribution in [1.82, 2.24) is 10.2 Å². The third-order valence-electron chi connectivity index (χ3n) is 2.18. The summed E-state index contributed by atoms with van der Waals surface area (Å²) in [5, 5.41) is 18.8. The zero-order valence-electron chi connectivity index (χ0n) is 9.34. The highest BCUT2D eigenvalue weighted by Gasteiger charge is 2.05. The van der Waals surface area contributed by atoms with Crippen LogP contribution < -0.4 is 5.32 Å². The van der Waals surface area contributed by atoms with Crippen LogP contribution in [-0.2, 0) is 9.59 Å². The van der Waals surface area contributed by atoms with Crippen LogP contribution >= 0.6 is 11.8 Å². The van der Waals surface area contributed by atoms with Crippen LogP contribution in [0.15, 0.2) is 24.4 Å². The number of carboxylic acids is 1. The predicted molar refractivity (Wildman–Crippen MR) is 69.7 cm³/mol. The summed E-state index contributed by atoms with van der Waals surface area (Å²) in [6, 6.07) is 5.40. The van der Waals surface area contributed by atoms with Crippen molar-refractivity contribution in [3.63, 3.8) is 0 Å². The molecule has 7 heteroatoms. The number of aliphatic carboxylic acids is 1. The van der Waals surface area contributed by atoms with Gasteiger partial charge >= 0.3 is 5.97 Å². The van der Waals surface area contributed by atoms with E-state index in [2.05, 4.69) is 15.5 Å². The van der Waals surface area contributed by atoms with Crippen LogP contribution in [0.5, 0.6) is 0 Å². The molecule has 1 amide bonds. The van der Waals surface area contributed by atoms with Gasteiger partial charge in [0.2, 0.25) is 5.91 Å². The van der Waals surface area contributed by atoms with E-state index in [1.54, 1.807) is 18.3 Å². The number of benzene rings is 1. The SMILES string of the molecule is O=C(O)CSCC(=O)Nc1ccc2cn[nH]c2c1. The Labute approximate surface area is 107 Å². The van der Waals surface area contributed by atoms with Gasteiger partial charge in [-0.1, -0.05) is 0 Å². The van der Waals surface area contributed by atoms with Crippen LogP contribution in [0, 0.1) is 0 Å². The van der Waals surface area contributed by atoms with Crippen LogP contribution in [0.3, 0.4) is 0 Å². The van der Waals surface area contributed by atoms with Crippen LogP contribution in [0.4, 0.5) is 5.69 Å². The molecule has 0 aliphatic heterocycles. The Morgan fingerprint density at radius 2 is 2.22 bits per heavy atom. The lowest BCUT2D eigenvalue weighted by Crippen LogP contribution is -2.15. The number of anilines is 1. The van der Waals surface area contributed by atoms with Gasteiger partial charge in [0.1, 0.15) is 0 Å². The minimum absolute atomic E-state index is 0.0764. The molecule has 0 bridgehead atoms. The highest BCUT2D eigenvalue weighted by atomic mass is 32.2. The molecule has 0 saturated carbocycles. The normalized spacial score (nSPS) is 10.4. The summed E-state index contributed by atoms with van der Waals surface area (Å²) >= 11 is 1.06. The number of thioether (sulfide) groups is 1. The van der Waals surface area contributed by atoms with Gasteiger partial charge in [0.05, 0.1) is 23.2 Å². The molecule has 6 nitrogen and oxygen atoms in total. The van der Waals surface area contributed by atoms with Gasteiger partial charge in [0.15, 0.2) is 0 Å². The Morgan fingerprint density at radius 3 is 3.00 bits per heavy atom. The average Bonchev–Trinajstić information content (AvgIpc) is 2.75. The van der Waals surface area contributed by atoms with Crippen molar-refractivity contribution >= 4 is 40.2 Å². The van der Waals surface area contributed by atoms with Gasteiger partial charge in [-0.25, -0.2) is 0 Å². The van der Waals surface area contributed by atoms with Crippen molar-refractivity contribution in [2.24, 2.45) is 0 Å². The first-order chi connectivity index (χ1) is 8.65. The third-order valence-corrected chi connectivity index (χ3v) is 3.10. The van der Waals surface area contributed by atoms with E-state index in [1.165, 1.54) is 0 Å². The number of nitrogens with one attached hydrogen (secondary N) is 2. The van der Waals surface area contributed by atoms with Crippen molar-refractivity contribution in [2.75, 3.05) is 16.8 Å². The maximum atomic E-state index is 11.5. The number of nitrogens with zero attached hydrogens (tertiary/aromatic N) is 1. The smallest absolute Gasteiger partial charge is 0.313 e. The van der Waals surface area contributed by atoms with Crippen LogP contribution in [-0.4, -0.2) is 38.7 Å². The number of aromatic amines is 1. The molecule has 0 aliphatic rings. The number of carbonyl (C=O) groups excluding carboxylic acids is 1. The molecule has 0 fully saturated rings. The molecule has 3 N–H and O–H groups in total. The number of fused-ring (bicyclic) bond motifs is 1. The van der Waals surface area contributed by atoms with E-state index < -0.39 is 5.97 Å². The van der Waals surface area contributed by atoms with Crippen molar-refractivity contribution in [3.05, 3.63) is 24.4 Å². The monoisotopic (exact) mass is 265 g/mol. The minimum Gasteiger partial charge on any atom is -0.481 e. The number of carbonyl (C=O) groups is 2. The Bertz CT molecular complexity index is 582. The minimum atomic E-state index is -0.924. The molecule has 0 saturated heterocycles. The first-order valence-corrected chi connectivity index (χ1v) is 6.33. The van der Waals surface area contributed by atoms with Crippen LogP contribution in [0.1, 0.15) is 0 Å². The number of hydrogen-bond donors (Lipinski definition) is 3. The molecule has 1 aromatic heterocycles. The van der Waals surface area contributed by atoms with Gasteiger partial charge < -0.3 is 10.4 Å². The molecule has 0 atom stereocenters. The highest BCUT2D eigenvalue weighted by molar-refractivity contribution is 8.00. The molecule has 0 aliphatic carbocycles. The summed E-state index contributed by atoms with van der Waals surface area (Å²) in [7, 11) is 0. The van der Waals surface area contributed by atoms with Crippen LogP contribution in [0.2, 0.25) is 0 Å². The molecule has 18 heavy (non-hydrogen) atoms. The fourth-order valence-electron chi connectivity index (χ4n) is 1.44. The van der Waals surface area contributed by atoms with E-state index in [0.29, 0.717) is 5.69 Å². The lowest BCUT2D eigenvalue weighted by Gasteiger charge is -2.04. The average molecular weight is 265 g/mol. The highest BCUT2D eigenvalue weighted by Crippen LogP contribution is 2.16. The number of carboxylic acid groups (broad SMARTS) is 1. The summed E-state index contributed by atoms with van der Waals surface area (Å²) in [6.07, 6.45) is 1.70. The van der Waals surface area contributed by atoms with Gasteiger partial charge in [-0.2, -0.15) is 5.10 Å². The van der Waals surface area contributed by atoms with E-state index in [4.69, 9.17) is 5.11 Å². The number of hydrogen-bond acceptors (Lipinski definition) is 4. The van der Waals surface area contributed by atoms with Crippen molar-refractivity contribution in [2.45, 2.75) is 0 Å². The zero-order valence-corrected chi connectivity index (χ0v) is 10.2. The molecular weight excluding hydrogens is 254 g/mol. The molecule has 1 heterocycles. The van der Waals surface area contributed by atoms with Gasteiger partial charge in [-0.15, -0.1) is 11.8 Å². The summed E-state index contributed by atoms with van der Waals surface area (Å²) < 4.78 is 0. The number of amides is 1. The summed E-state index contributed by atoms with van der Waals surface area (Å²) in [6.45, 7) is 0. The van der Waals surface area contributed by atoms with E-state index in [0.717, 1.165) is 22.7 Å². The molecule has 94 valence electrons. The Balaban J connectivity index is 1.91.